The lowest BCUT2D eigenvalue weighted by molar-refractivity contribution is 0.598. The Hall–Kier alpha value is -1.61. The third kappa shape index (κ3) is 3.48. The van der Waals surface area contributed by atoms with Crippen LogP contribution in [-0.2, 0) is 13.1 Å². The highest BCUT2D eigenvalue weighted by Gasteiger charge is 2.10. The fraction of sp³-hybridized carbons (Fsp3) is 0.471. The van der Waals surface area contributed by atoms with Gasteiger partial charge >= 0.3 is 0 Å². The van der Waals surface area contributed by atoms with Gasteiger partial charge in [-0.25, -0.2) is 0 Å². The van der Waals surface area contributed by atoms with E-state index in [0.717, 1.165) is 38.2 Å². The minimum atomic E-state index is 0.919. The lowest BCUT2D eigenvalue weighted by atomic mass is 10.0. The second kappa shape index (κ2) is 7.25. The molecule has 0 aliphatic heterocycles. The summed E-state index contributed by atoms with van der Waals surface area (Å²) < 4.78 is 2.06. The fourth-order valence-corrected chi connectivity index (χ4v) is 2.46. The molecule has 20 heavy (non-hydrogen) atoms. The molecule has 0 aliphatic carbocycles. The minimum Gasteiger partial charge on any atom is -0.313 e. The molecule has 3 heteroatoms. The number of benzene rings is 1. The fourth-order valence-electron chi connectivity index (χ4n) is 2.46. The zero-order valence-corrected chi connectivity index (χ0v) is 12.8. The van der Waals surface area contributed by atoms with Crippen molar-refractivity contribution >= 4 is 0 Å². The number of nitrogens with zero attached hydrogens (tertiary/aromatic N) is 2. The third-order valence-corrected chi connectivity index (χ3v) is 3.45. The quantitative estimate of drug-likeness (QED) is 0.777. The normalized spacial score (nSPS) is 10.9. The molecule has 2 aromatic rings. The summed E-state index contributed by atoms with van der Waals surface area (Å²) >= 11 is 0. The molecule has 0 aliphatic rings. The van der Waals surface area contributed by atoms with E-state index in [1.807, 2.05) is 0 Å². The van der Waals surface area contributed by atoms with Crippen LogP contribution in [0.4, 0.5) is 0 Å². The summed E-state index contributed by atoms with van der Waals surface area (Å²) in [6.07, 6.45) is 4.45. The van der Waals surface area contributed by atoms with Crippen LogP contribution in [0.3, 0.4) is 0 Å². The summed E-state index contributed by atoms with van der Waals surface area (Å²) in [5.74, 6) is 0. The number of nitrogens with one attached hydrogen (secondary N) is 1. The molecular formula is C17H25N3. The Morgan fingerprint density at radius 3 is 2.65 bits per heavy atom. The van der Waals surface area contributed by atoms with Gasteiger partial charge < -0.3 is 5.32 Å². The Balaban J connectivity index is 2.27. The Morgan fingerprint density at radius 2 is 1.90 bits per heavy atom. The number of hydrogen-bond acceptors (Lipinski definition) is 2. The van der Waals surface area contributed by atoms with Gasteiger partial charge in [0.1, 0.15) is 0 Å². The minimum absolute atomic E-state index is 0.919. The van der Waals surface area contributed by atoms with Crippen molar-refractivity contribution in [2.75, 3.05) is 6.54 Å². The van der Waals surface area contributed by atoms with Gasteiger partial charge in [0.25, 0.3) is 0 Å². The standard InChI is InChI=1S/C17H25N3/c1-4-10-18-12-15-8-6-7-9-16(15)17-13-20(11-5-2)19-14(17)3/h6-9,13,18H,4-5,10-12H2,1-3H3. The molecule has 0 atom stereocenters. The van der Waals surface area contributed by atoms with Crippen LogP contribution in [-0.4, -0.2) is 16.3 Å². The maximum absolute atomic E-state index is 4.61. The highest BCUT2D eigenvalue weighted by atomic mass is 15.3. The molecule has 0 bridgehead atoms. The average Bonchev–Trinajstić information content (AvgIpc) is 2.81. The molecule has 108 valence electrons. The molecule has 0 saturated carbocycles. The second-order valence-corrected chi connectivity index (χ2v) is 5.23. The third-order valence-electron chi connectivity index (χ3n) is 3.45. The first kappa shape index (κ1) is 14.8. The second-order valence-electron chi connectivity index (χ2n) is 5.23. The SMILES string of the molecule is CCCNCc1ccccc1-c1cn(CCC)nc1C. The molecule has 0 spiro atoms. The molecule has 0 saturated heterocycles. The highest BCUT2D eigenvalue weighted by molar-refractivity contribution is 5.68. The van der Waals surface area contributed by atoms with Gasteiger partial charge in [0.15, 0.2) is 0 Å². The average molecular weight is 271 g/mol. The van der Waals surface area contributed by atoms with Crippen molar-refractivity contribution in [3.63, 3.8) is 0 Å². The lowest BCUT2D eigenvalue weighted by Crippen LogP contribution is -2.14. The first-order valence-corrected chi connectivity index (χ1v) is 7.59. The number of aryl methyl sites for hydroxylation is 2. The van der Waals surface area contributed by atoms with Crippen molar-refractivity contribution in [2.45, 2.75) is 46.7 Å². The van der Waals surface area contributed by atoms with Gasteiger partial charge in [0.05, 0.1) is 5.69 Å². The summed E-state index contributed by atoms with van der Waals surface area (Å²) in [5, 5.41) is 8.10. The maximum Gasteiger partial charge on any atom is 0.0672 e. The van der Waals surface area contributed by atoms with Crippen LogP contribution < -0.4 is 5.32 Å². The molecule has 0 amide bonds. The van der Waals surface area contributed by atoms with E-state index < -0.39 is 0 Å². The van der Waals surface area contributed by atoms with Gasteiger partial charge in [0.2, 0.25) is 0 Å². The van der Waals surface area contributed by atoms with E-state index >= 15 is 0 Å². The molecule has 2 rings (SSSR count). The molecular weight excluding hydrogens is 246 g/mol. The predicted molar refractivity (Wildman–Crippen MR) is 84.7 cm³/mol. The Kier molecular flexibility index (Phi) is 5.36. The number of hydrogen-bond donors (Lipinski definition) is 1. The maximum atomic E-state index is 4.61. The van der Waals surface area contributed by atoms with Gasteiger partial charge in [-0.1, -0.05) is 38.1 Å². The van der Waals surface area contributed by atoms with E-state index in [-0.39, 0.29) is 0 Å². The zero-order chi connectivity index (χ0) is 14.4. The number of aromatic nitrogens is 2. The van der Waals surface area contributed by atoms with Gasteiger partial charge in [-0.15, -0.1) is 0 Å². The van der Waals surface area contributed by atoms with Crippen LogP contribution in [0.15, 0.2) is 30.5 Å². The van der Waals surface area contributed by atoms with Crippen LogP contribution in [0.5, 0.6) is 0 Å². The van der Waals surface area contributed by atoms with Gasteiger partial charge in [-0.05, 0) is 37.4 Å². The molecule has 1 N–H and O–H groups in total. The van der Waals surface area contributed by atoms with Crippen molar-refractivity contribution in [1.29, 1.82) is 0 Å². The molecule has 0 fully saturated rings. The summed E-state index contributed by atoms with van der Waals surface area (Å²) in [5.41, 5.74) is 5.02. The van der Waals surface area contributed by atoms with Gasteiger partial charge in [0, 0.05) is 24.8 Å². The smallest absolute Gasteiger partial charge is 0.0672 e. The molecule has 1 aromatic heterocycles. The monoisotopic (exact) mass is 271 g/mol. The van der Waals surface area contributed by atoms with E-state index in [2.05, 4.69) is 66.3 Å². The van der Waals surface area contributed by atoms with Crippen LogP contribution >= 0.6 is 0 Å². The van der Waals surface area contributed by atoms with E-state index in [1.165, 1.54) is 16.7 Å². The summed E-state index contributed by atoms with van der Waals surface area (Å²) in [6.45, 7) is 9.43. The van der Waals surface area contributed by atoms with E-state index in [4.69, 9.17) is 0 Å². The first-order chi connectivity index (χ1) is 9.76. The van der Waals surface area contributed by atoms with Crippen LogP contribution in [0, 0.1) is 6.92 Å². The van der Waals surface area contributed by atoms with Crippen molar-refractivity contribution in [3.8, 4) is 11.1 Å². The molecule has 0 radical (unpaired) electrons. The van der Waals surface area contributed by atoms with Crippen LogP contribution in [0.1, 0.15) is 37.9 Å². The van der Waals surface area contributed by atoms with E-state index in [9.17, 15) is 0 Å². The Labute approximate surface area is 122 Å². The number of rotatable bonds is 7. The van der Waals surface area contributed by atoms with E-state index in [1.54, 1.807) is 0 Å². The largest absolute Gasteiger partial charge is 0.313 e. The van der Waals surface area contributed by atoms with Gasteiger partial charge in [-0.2, -0.15) is 5.10 Å². The zero-order valence-electron chi connectivity index (χ0n) is 12.8. The van der Waals surface area contributed by atoms with Crippen molar-refractivity contribution < 1.29 is 0 Å². The first-order valence-electron chi connectivity index (χ1n) is 7.59. The van der Waals surface area contributed by atoms with Crippen molar-refractivity contribution in [3.05, 3.63) is 41.7 Å². The highest BCUT2D eigenvalue weighted by Crippen LogP contribution is 2.26. The van der Waals surface area contributed by atoms with Crippen LogP contribution in [0.2, 0.25) is 0 Å². The molecule has 1 heterocycles. The lowest BCUT2D eigenvalue weighted by Gasteiger charge is -2.09. The van der Waals surface area contributed by atoms with Crippen molar-refractivity contribution in [1.82, 2.24) is 15.1 Å². The summed E-state index contributed by atoms with van der Waals surface area (Å²) in [7, 11) is 0. The van der Waals surface area contributed by atoms with Crippen LogP contribution in [0.25, 0.3) is 11.1 Å². The Bertz CT molecular complexity index is 543. The molecule has 1 aromatic carbocycles. The van der Waals surface area contributed by atoms with Crippen molar-refractivity contribution in [2.24, 2.45) is 0 Å². The summed E-state index contributed by atoms with van der Waals surface area (Å²) in [4.78, 5) is 0. The van der Waals surface area contributed by atoms with Gasteiger partial charge in [-0.3, -0.25) is 4.68 Å². The van der Waals surface area contributed by atoms with E-state index in [0.29, 0.717) is 0 Å². The summed E-state index contributed by atoms with van der Waals surface area (Å²) in [6, 6.07) is 8.62. The predicted octanol–water partition coefficient (Wildman–Crippen LogP) is 3.77. The molecule has 0 unspecified atom stereocenters. The topological polar surface area (TPSA) is 29.9 Å². The molecule has 3 nitrogen and oxygen atoms in total. The Morgan fingerprint density at radius 1 is 1.10 bits per heavy atom.